The first-order chi connectivity index (χ1) is 13.8. The summed E-state index contributed by atoms with van der Waals surface area (Å²) in [7, 11) is 0. The van der Waals surface area contributed by atoms with Gasteiger partial charge < -0.3 is 20.7 Å². The normalized spacial score (nSPS) is 18.6. The molecule has 28 heavy (non-hydrogen) atoms. The smallest absolute Gasteiger partial charge is 0.219 e. The first-order valence-electron chi connectivity index (χ1n) is 9.66. The van der Waals surface area contributed by atoms with Crippen molar-refractivity contribution in [2.45, 2.75) is 18.9 Å². The van der Waals surface area contributed by atoms with Crippen LogP contribution in [0.1, 0.15) is 18.9 Å². The molecule has 2 fully saturated rings. The summed E-state index contributed by atoms with van der Waals surface area (Å²) in [5.74, 6) is 1.71. The van der Waals surface area contributed by atoms with Crippen LogP contribution in [0.4, 0.5) is 11.8 Å². The van der Waals surface area contributed by atoms with Gasteiger partial charge in [0.1, 0.15) is 5.82 Å². The molecule has 0 aliphatic carbocycles. The molecular weight excluding hydrogens is 358 g/mol. The molecule has 5 heterocycles. The minimum Gasteiger partial charge on any atom is -0.378 e. The van der Waals surface area contributed by atoms with Crippen molar-refractivity contribution in [1.82, 2.24) is 35.0 Å². The Labute approximate surface area is 162 Å². The van der Waals surface area contributed by atoms with Gasteiger partial charge in [0.15, 0.2) is 11.5 Å². The lowest BCUT2D eigenvalue weighted by molar-refractivity contribution is 0.122. The lowest BCUT2D eigenvalue weighted by Crippen LogP contribution is -2.37. The number of nitrogens with zero attached hydrogens (tertiary/aromatic N) is 7. The highest BCUT2D eigenvalue weighted by Crippen LogP contribution is 2.30. The molecule has 3 aromatic heterocycles. The van der Waals surface area contributed by atoms with Gasteiger partial charge in [-0.15, -0.1) is 0 Å². The summed E-state index contributed by atoms with van der Waals surface area (Å²) in [6.07, 6.45) is 7.29. The zero-order valence-corrected chi connectivity index (χ0v) is 15.6. The summed E-state index contributed by atoms with van der Waals surface area (Å²) in [4.78, 5) is 20.2. The third-order valence-corrected chi connectivity index (χ3v) is 5.33. The molecule has 0 bridgehead atoms. The predicted octanol–water partition coefficient (Wildman–Crippen LogP) is 0.627. The maximum absolute atomic E-state index is 5.64. The maximum Gasteiger partial charge on any atom is 0.219 e. The van der Waals surface area contributed by atoms with Crippen molar-refractivity contribution in [3.63, 3.8) is 0 Å². The lowest BCUT2D eigenvalue weighted by atomic mass is 10.1. The molecule has 0 aromatic carbocycles. The topological polar surface area (TPSA) is 120 Å². The third-order valence-electron chi connectivity index (χ3n) is 5.33. The largest absolute Gasteiger partial charge is 0.378 e. The quantitative estimate of drug-likeness (QED) is 0.673. The minimum atomic E-state index is 0.234. The molecule has 0 amide bonds. The van der Waals surface area contributed by atoms with Crippen molar-refractivity contribution in [2.24, 2.45) is 0 Å². The van der Waals surface area contributed by atoms with E-state index in [9.17, 15) is 0 Å². The summed E-state index contributed by atoms with van der Waals surface area (Å²) in [5, 5.41) is 9.08. The highest BCUT2D eigenvalue weighted by Gasteiger charge is 2.24. The second-order valence-electron chi connectivity index (χ2n) is 7.11. The van der Waals surface area contributed by atoms with E-state index in [1.165, 1.54) is 0 Å². The highest BCUT2D eigenvalue weighted by atomic mass is 16.5. The zero-order chi connectivity index (χ0) is 18.9. The average Bonchev–Trinajstić information content (AvgIpc) is 3.19. The van der Waals surface area contributed by atoms with Crippen LogP contribution in [0.15, 0.2) is 18.6 Å². The summed E-state index contributed by atoms with van der Waals surface area (Å²) >= 11 is 0. The van der Waals surface area contributed by atoms with Crippen molar-refractivity contribution in [2.75, 3.05) is 50.0 Å². The molecule has 3 N–H and O–H groups in total. The molecule has 2 aliphatic heterocycles. The Bertz CT molecular complexity index is 959. The van der Waals surface area contributed by atoms with Gasteiger partial charge in [0.2, 0.25) is 5.95 Å². The van der Waals surface area contributed by atoms with Gasteiger partial charge in [-0.3, -0.25) is 0 Å². The van der Waals surface area contributed by atoms with Crippen LogP contribution in [0.2, 0.25) is 0 Å². The van der Waals surface area contributed by atoms with Crippen molar-refractivity contribution in [3.05, 3.63) is 18.6 Å². The highest BCUT2D eigenvalue weighted by molar-refractivity contribution is 5.88. The summed E-state index contributed by atoms with van der Waals surface area (Å²) in [6.45, 7) is 4.95. The molecule has 0 radical (unpaired) electrons. The Morgan fingerprint density at radius 2 is 1.79 bits per heavy atom. The van der Waals surface area contributed by atoms with Gasteiger partial charge in [-0.25, -0.2) is 24.6 Å². The van der Waals surface area contributed by atoms with E-state index in [1.807, 2.05) is 6.20 Å². The van der Waals surface area contributed by atoms with Gasteiger partial charge in [-0.05, 0) is 25.9 Å². The molecule has 0 unspecified atom stereocenters. The Balaban J connectivity index is 1.65. The van der Waals surface area contributed by atoms with Gasteiger partial charge in [0.05, 0.1) is 36.4 Å². The molecule has 2 saturated heterocycles. The van der Waals surface area contributed by atoms with Crippen LogP contribution < -0.4 is 16.0 Å². The molecule has 10 nitrogen and oxygen atoms in total. The van der Waals surface area contributed by atoms with Gasteiger partial charge >= 0.3 is 0 Å². The van der Waals surface area contributed by atoms with E-state index < -0.39 is 0 Å². The zero-order valence-electron chi connectivity index (χ0n) is 15.6. The van der Waals surface area contributed by atoms with Gasteiger partial charge in [0, 0.05) is 25.5 Å². The number of hydrogen-bond donors (Lipinski definition) is 2. The van der Waals surface area contributed by atoms with Crippen LogP contribution in [-0.2, 0) is 4.74 Å². The number of fused-ring (bicyclic) bond motifs is 1. The van der Waals surface area contributed by atoms with Crippen LogP contribution in [0.3, 0.4) is 0 Å². The Hall–Kier alpha value is -2.85. The number of anilines is 2. The molecule has 0 spiro atoms. The summed E-state index contributed by atoms with van der Waals surface area (Å²) < 4.78 is 7.57. The molecule has 146 valence electrons. The van der Waals surface area contributed by atoms with Crippen molar-refractivity contribution in [3.8, 4) is 11.4 Å². The van der Waals surface area contributed by atoms with E-state index >= 15 is 0 Å². The number of morpholine rings is 1. The van der Waals surface area contributed by atoms with Crippen LogP contribution in [-0.4, -0.2) is 69.1 Å². The van der Waals surface area contributed by atoms with E-state index in [-0.39, 0.29) is 5.95 Å². The van der Waals surface area contributed by atoms with E-state index in [0.29, 0.717) is 25.1 Å². The number of piperidine rings is 1. The fourth-order valence-electron chi connectivity index (χ4n) is 3.83. The Kier molecular flexibility index (Phi) is 4.49. The van der Waals surface area contributed by atoms with Crippen LogP contribution in [0.25, 0.3) is 22.4 Å². The maximum atomic E-state index is 5.64. The van der Waals surface area contributed by atoms with E-state index in [1.54, 1.807) is 12.4 Å². The summed E-state index contributed by atoms with van der Waals surface area (Å²) in [5.41, 5.74) is 7.24. The molecule has 0 atom stereocenters. The fraction of sp³-hybridized carbons (Fsp3) is 0.500. The van der Waals surface area contributed by atoms with Crippen molar-refractivity contribution >= 4 is 22.8 Å². The molecular formula is C18H23N9O. The van der Waals surface area contributed by atoms with Crippen LogP contribution in [0, 0.1) is 0 Å². The number of hydrogen-bond acceptors (Lipinski definition) is 9. The van der Waals surface area contributed by atoms with Crippen molar-refractivity contribution in [1.29, 1.82) is 0 Å². The summed E-state index contributed by atoms with van der Waals surface area (Å²) in [6, 6.07) is 0.335. The number of ether oxygens (including phenoxy) is 1. The first-order valence-corrected chi connectivity index (χ1v) is 9.66. The first kappa shape index (κ1) is 17.3. The van der Waals surface area contributed by atoms with Gasteiger partial charge in [0.25, 0.3) is 0 Å². The lowest BCUT2D eigenvalue weighted by Gasteiger charge is -2.28. The molecule has 3 aromatic rings. The van der Waals surface area contributed by atoms with Gasteiger partial charge in [-0.2, -0.15) is 5.10 Å². The number of nitrogens with two attached hydrogens (primary N) is 1. The van der Waals surface area contributed by atoms with Crippen LogP contribution in [0.5, 0.6) is 0 Å². The predicted molar refractivity (Wildman–Crippen MR) is 105 cm³/mol. The number of nitrogen functional groups attached to an aromatic ring is 1. The second-order valence-corrected chi connectivity index (χ2v) is 7.11. The van der Waals surface area contributed by atoms with Gasteiger partial charge in [-0.1, -0.05) is 0 Å². The fourth-order valence-corrected chi connectivity index (χ4v) is 3.83. The molecule has 10 heteroatoms. The Morgan fingerprint density at radius 1 is 1.04 bits per heavy atom. The second kappa shape index (κ2) is 7.28. The van der Waals surface area contributed by atoms with Crippen molar-refractivity contribution < 1.29 is 4.74 Å². The molecule has 5 rings (SSSR count). The van der Waals surface area contributed by atoms with Crippen LogP contribution >= 0.6 is 0 Å². The van der Waals surface area contributed by atoms with E-state index in [4.69, 9.17) is 25.5 Å². The van der Waals surface area contributed by atoms with E-state index in [2.05, 4.69) is 24.9 Å². The monoisotopic (exact) mass is 381 g/mol. The average molecular weight is 381 g/mol. The SMILES string of the molecule is Nc1ncc(-c2nc(N3CCOCC3)c3cnn(C4CCNCC4)c3n2)cn1. The molecule has 0 saturated carbocycles. The third kappa shape index (κ3) is 3.14. The Morgan fingerprint density at radius 3 is 2.54 bits per heavy atom. The number of rotatable bonds is 3. The number of aromatic nitrogens is 6. The molecule has 2 aliphatic rings. The minimum absolute atomic E-state index is 0.234. The standard InChI is InChI=1S/C18H23N9O/c19-18-21-9-12(10-22-18)15-24-16(26-5-7-28-8-6-26)14-11-23-27(17(14)25-15)13-1-3-20-4-2-13/h9-11,13,20H,1-8H2,(H2,19,21,22). The number of nitrogens with one attached hydrogen (secondary N) is 1. The van der Waals surface area contributed by atoms with E-state index in [0.717, 1.165) is 61.4 Å².